The summed E-state index contributed by atoms with van der Waals surface area (Å²) in [4.78, 5) is 9.47. The Labute approximate surface area is 47.0 Å². The number of urea groups is 1. The zero-order chi connectivity index (χ0) is 5.86. The Hall–Kier alpha value is -0.950. The Kier molecular flexibility index (Phi) is 5.33. The number of hydrogen-bond donors (Lipinski definition) is 1. The predicted octanol–water partition coefficient (Wildman–Crippen LogP) is -1.35. The zero-order valence-electron chi connectivity index (χ0n) is 3.60. The van der Waals surface area contributed by atoms with Crippen LogP contribution in [0, 0.1) is 0 Å². The van der Waals surface area contributed by atoms with Gasteiger partial charge in [-0.2, -0.15) is 8.42 Å². The van der Waals surface area contributed by atoms with E-state index in [4.69, 9.17) is 0 Å². The number of amides is 2. The molecule has 0 saturated heterocycles. The first-order chi connectivity index (χ1) is 3.13. The van der Waals surface area contributed by atoms with Gasteiger partial charge in [-0.3, -0.25) is 0 Å². The van der Waals surface area contributed by atoms with Crippen molar-refractivity contribution in [1.82, 2.24) is 6.15 Å². The van der Waals surface area contributed by atoms with E-state index in [-0.39, 0.29) is 6.15 Å². The molecule has 0 spiro atoms. The number of carbonyl (C=O) groups is 1. The molecule has 8 heavy (non-hydrogen) atoms. The van der Waals surface area contributed by atoms with Crippen LogP contribution in [-0.2, 0) is 10.5 Å². The highest BCUT2D eigenvalue weighted by molar-refractivity contribution is 7.62. The fourth-order valence-electron chi connectivity index (χ4n) is 0.0735. The van der Waals surface area contributed by atoms with Crippen LogP contribution in [0.25, 0.3) is 0 Å². The number of rotatable bonds is 0. The molecular formula is CH2N3O3S. The maximum Gasteiger partial charge on any atom is 0.353 e. The number of carbonyl (C=O) groups excluding carboxylic acids is 1. The maximum absolute atomic E-state index is 9.47. The molecule has 0 bridgehead atoms. The topological polar surface area (TPSA) is 120 Å². The molecule has 6 nitrogen and oxygen atoms in total. The summed E-state index contributed by atoms with van der Waals surface area (Å²) in [6.07, 6.45) is 0. The van der Waals surface area contributed by atoms with Gasteiger partial charge in [-0.1, -0.05) is 4.36 Å². The molecule has 0 aliphatic carbocycles. The summed E-state index contributed by atoms with van der Waals surface area (Å²) in [5, 5.41) is 0. The van der Waals surface area contributed by atoms with Crippen molar-refractivity contribution < 1.29 is 13.2 Å². The van der Waals surface area contributed by atoms with Gasteiger partial charge in [0.25, 0.3) is 0 Å². The van der Waals surface area contributed by atoms with E-state index in [1.54, 1.807) is 0 Å². The highest BCUT2D eigenvalue weighted by Crippen LogP contribution is 1.60. The van der Waals surface area contributed by atoms with E-state index in [0.717, 1.165) is 0 Å². The van der Waals surface area contributed by atoms with Crippen molar-refractivity contribution in [2.75, 3.05) is 0 Å². The van der Waals surface area contributed by atoms with Gasteiger partial charge in [-0.15, -0.1) is 0 Å². The SMILES string of the molecule is NC(=O)N=S(=O)=O.[N]. The molecule has 0 aliphatic rings. The van der Waals surface area contributed by atoms with Crippen molar-refractivity contribution >= 4 is 16.5 Å². The Bertz CT molecular complexity index is 183. The van der Waals surface area contributed by atoms with E-state index < -0.39 is 16.5 Å². The zero-order valence-corrected chi connectivity index (χ0v) is 4.42. The van der Waals surface area contributed by atoms with Crippen molar-refractivity contribution in [3.8, 4) is 0 Å². The Morgan fingerprint density at radius 3 is 1.88 bits per heavy atom. The van der Waals surface area contributed by atoms with E-state index in [0.29, 0.717) is 0 Å². The lowest BCUT2D eigenvalue weighted by Gasteiger charge is -1.64. The molecule has 45 valence electrons. The van der Waals surface area contributed by atoms with Crippen LogP contribution in [0.15, 0.2) is 4.36 Å². The van der Waals surface area contributed by atoms with Gasteiger partial charge in [0.2, 0.25) is 0 Å². The second-order valence-corrected chi connectivity index (χ2v) is 1.26. The molecule has 0 atom stereocenters. The van der Waals surface area contributed by atoms with Gasteiger partial charge in [0.05, 0.1) is 0 Å². The molecule has 0 aliphatic heterocycles. The van der Waals surface area contributed by atoms with Crippen LogP contribution in [0.2, 0.25) is 0 Å². The van der Waals surface area contributed by atoms with E-state index >= 15 is 0 Å². The van der Waals surface area contributed by atoms with Gasteiger partial charge in [0.15, 0.2) is 0 Å². The first kappa shape index (κ1) is 10.1. The van der Waals surface area contributed by atoms with E-state index in [9.17, 15) is 13.2 Å². The lowest BCUT2D eigenvalue weighted by molar-refractivity contribution is 0.257. The fourth-order valence-corrected chi connectivity index (χ4v) is 0.220. The Balaban J connectivity index is 0. The van der Waals surface area contributed by atoms with Gasteiger partial charge in [-0.05, 0) is 0 Å². The minimum atomic E-state index is -2.70. The van der Waals surface area contributed by atoms with Crippen molar-refractivity contribution in [1.29, 1.82) is 0 Å². The highest BCUT2D eigenvalue weighted by Gasteiger charge is 1.80. The first-order valence-electron chi connectivity index (χ1n) is 1.23. The second-order valence-electron chi connectivity index (χ2n) is 0.647. The minimum absolute atomic E-state index is 0. The molecule has 0 aromatic rings. The first-order valence-corrected chi connectivity index (χ1v) is 2.26. The summed E-state index contributed by atoms with van der Waals surface area (Å²) in [5.74, 6) is 0. The molecule has 0 aromatic heterocycles. The van der Waals surface area contributed by atoms with Crippen LogP contribution in [-0.4, -0.2) is 14.4 Å². The van der Waals surface area contributed by atoms with Crippen LogP contribution in [0.5, 0.6) is 0 Å². The Morgan fingerprint density at radius 2 is 1.88 bits per heavy atom. The lowest BCUT2D eigenvalue weighted by atomic mass is 11.2. The standard InChI is InChI=1S/CH2N2O3S.N/c2-1(4)3-7(5)6;/h(H2,2,4);. The average molecular weight is 136 g/mol. The third kappa shape index (κ3) is 8.90. The molecule has 0 aromatic carbocycles. The molecule has 0 fully saturated rings. The summed E-state index contributed by atoms with van der Waals surface area (Å²) in [6, 6.07) is -1.20. The molecular weight excluding hydrogens is 134 g/mol. The normalized spacial score (nSPS) is 6.50. The van der Waals surface area contributed by atoms with Gasteiger partial charge in [-0.25, -0.2) is 4.79 Å². The summed E-state index contributed by atoms with van der Waals surface area (Å²) in [7, 11) is -2.70. The van der Waals surface area contributed by atoms with Crippen LogP contribution >= 0.6 is 0 Å². The summed E-state index contributed by atoms with van der Waals surface area (Å²) >= 11 is 0. The molecule has 0 saturated carbocycles. The van der Waals surface area contributed by atoms with Crippen LogP contribution in [0.4, 0.5) is 4.79 Å². The summed E-state index contributed by atoms with van der Waals surface area (Å²) < 4.78 is 21.0. The van der Waals surface area contributed by atoms with Crippen molar-refractivity contribution in [3.63, 3.8) is 0 Å². The fraction of sp³-hybridized carbons (Fsp3) is 0. The summed E-state index contributed by atoms with van der Waals surface area (Å²) in [6.45, 7) is 0. The van der Waals surface area contributed by atoms with E-state index in [1.165, 1.54) is 0 Å². The smallest absolute Gasteiger partial charge is 0.349 e. The molecule has 0 rings (SSSR count). The van der Waals surface area contributed by atoms with Crippen LogP contribution < -0.4 is 11.9 Å². The number of hydrogen-bond acceptors (Lipinski definition) is 3. The molecule has 3 radical (unpaired) electrons. The molecule has 0 unspecified atom stereocenters. The quantitative estimate of drug-likeness (QED) is 0.443. The molecule has 7 heteroatoms. The molecule has 2 amide bonds. The van der Waals surface area contributed by atoms with Crippen LogP contribution in [0.1, 0.15) is 0 Å². The van der Waals surface area contributed by atoms with Crippen molar-refractivity contribution in [2.24, 2.45) is 10.1 Å². The van der Waals surface area contributed by atoms with Gasteiger partial charge in [0, 0.05) is 6.15 Å². The lowest BCUT2D eigenvalue weighted by Crippen LogP contribution is -2.02. The largest absolute Gasteiger partial charge is 0.353 e. The van der Waals surface area contributed by atoms with Crippen molar-refractivity contribution in [2.45, 2.75) is 0 Å². The van der Waals surface area contributed by atoms with E-state index in [2.05, 4.69) is 10.1 Å². The van der Waals surface area contributed by atoms with Crippen LogP contribution in [0.3, 0.4) is 0 Å². The monoisotopic (exact) mass is 136 g/mol. The molecule has 0 heterocycles. The second kappa shape index (κ2) is 4.22. The van der Waals surface area contributed by atoms with Gasteiger partial charge in [0.1, 0.15) is 0 Å². The van der Waals surface area contributed by atoms with Crippen molar-refractivity contribution in [3.05, 3.63) is 0 Å². The Morgan fingerprint density at radius 1 is 1.50 bits per heavy atom. The average Bonchev–Trinajstić information content (AvgIpc) is 1.27. The van der Waals surface area contributed by atoms with Gasteiger partial charge >= 0.3 is 16.5 Å². The minimum Gasteiger partial charge on any atom is -0.349 e. The third-order valence-corrected chi connectivity index (χ3v) is 0.494. The third-order valence-electron chi connectivity index (χ3n) is 0.165. The summed E-state index contributed by atoms with van der Waals surface area (Å²) in [5.41, 5.74) is 4.29. The highest BCUT2D eigenvalue weighted by atomic mass is 32.2. The number of primary amides is 1. The number of nitrogens with two attached hydrogens (primary N) is 1. The number of nitrogens with zero attached hydrogens (tertiary/aromatic N) is 2. The maximum atomic E-state index is 9.47. The predicted molar refractivity (Wildman–Crippen MR) is 23.1 cm³/mol. The van der Waals surface area contributed by atoms with Gasteiger partial charge < -0.3 is 5.73 Å². The van der Waals surface area contributed by atoms with E-state index in [1.807, 2.05) is 0 Å². The molecule has 2 N–H and O–H groups in total.